The first-order valence-corrected chi connectivity index (χ1v) is 10.9. The SMILES string of the molecule is COc1cc(-c2cnc3cc(C(C)N4CCO[C@H](CO)C4)ccn23)cc(OC(F)F)c1C(C)=O. The zero-order chi connectivity index (χ0) is 24.4. The van der Waals surface area contributed by atoms with E-state index in [2.05, 4.69) is 21.5 Å². The Labute approximate surface area is 195 Å². The summed E-state index contributed by atoms with van der Waals surface area (Å²) in [6.45, 7) is 2.21. The van der Waals surface area contributed by atoms with E-state index >= 15 is 0 Å². The lowest BCUT2D eigenvalue weighted by Gasteiger charge is -2.36. The number of nitrogens with zero attached hydrogens (tertiary/aromatic N) is 3. The molecule has 0 radical (unpaired) electrons. The molecule has 34 heavy (non-hydrogen) atoms. The molecule has 4 rings (SSSR count). The lowest BCUT2D eigenvalue weighted by Crippen LogP contribution is -2.45. The zero-order valence-electron chi connectivity index (χ0n) is 19.2. The Morgan fingerprint density at radius 3 is 2.76 bits per heavy atom. The van der Waals surface area contributed by atoms with Crippen molar-refractivity contribution in [1.29, 1.82) is 0 Å². The van der Waals surface area contributed by atoms with Gasteiger partial charge in [0.25, 0.3) is 0 Å². The predicted octanol–water partition coefficient (Wildman–Crippen LogP) is 3.57. The van der Waals surface area contributed by atoms with Gasteiger partial charge >= 0.3 is 6.61 Å². The second-order valence-corrected chi connectivity index (χ2v) is 8.16. The summed E-state index contributed by atoms with van der Waals surface area (Å²) in [5.41, 5.74) is 2.84. The van der Waals surface area contributed by atoms with E-state index < -0.39 is 12.4 Å². The Morgan fingerprint density at radius 2 is 2.09 bits per heavy atom. The molecule has 0 saturated carbocycles. The van der Waals surface area contributed by atoms with Gasteiger partial charge in [-0.15, -0.1) is 0 Å². The van der Waals surface area contributed by atoms with Gasteiger partial charge in [-0.1, -0.05) is 0 Å². The number of ether oxygens (including phenoxy) is 3. The average Bonchev–Trinajstić information content (AvgIpc) is 3.25. The number of methoxy groups -OCH3 is 1. The van der Waals surface area contributed by atoms with Gasteiger partial charge in [-0.3, -0.25) is 14.1 Å². The highest BCUT2D eigenvalue weighted by molar-refractivity contribution is 6.00. The zero-order valence-corrected chi connectivity index (χ0v) is 19.2. The van der Waals surface area contributed by atoms with Crippen LogP contribution in [0.4, 0.5) is 8.78 Å². The van der Waals surface area contributed by atoms with Crippen molar-refractivity contribution in [1.82, 2.24) is 14.3 Å². The van der Waals surface area contributed by atoms with E-state index in [4.69, 9.17) is 9.47 Å². The van der Waals surface area contributed by atoms with Crippen LogP contribution in [0.5, 0.6) is 11.5 Å². The summed E-state index contributed by atoms with van der Waals surface area (Å²) < 4.78 is 43.4. The number of aliphatic hydroxyl groups excluding tert-OH is 1. The standard InChI is InChI=1S/C24H27F2N3O5/c1-14(28-6-7-33-18(12-28)13-30)16-4-5-29-19(11-27-22(29)10-16)17-8-20(32-3)23(15(2)31)21(9-17)34-24(25)26/h4-5,8-11,14,18,24,30H,6-7,12-13H2,1-3H3/t14?,18-/m0/s1. The van der Waals surface area contributed by atoms with Crippen LogP contribution in [0.2, 0.25) is 0 Å². The van der Waals surface area contributed by atoms with Gasteiger partial charge in [0.15, 0.2) is 5.78 Å². The number of carbonyl (C=O) groups excluding carboxylic acids is 1. The molecule has 1 aliphatic heterocycles. The molecule has 1 N–H and O–H groups in total. The third-order valence-electron chi connectivity index (χ3n) is 6.09. The van der Waals surface area contributed by atoms with Crippen molar-refractivity contribution in [3.05, 3.63) is 47.8 Å². The van der Waals surface area contributed by atoms with Gasteiger partial charge in [-0.2, -0.15) is 8.78 Å². The van der Waals surface area contributed by atoms with Crippen LogP contribution < -0.4 is 9.47 Å². The number of Topliss-reactive ketones (excluding diaryl/α,β-unsaturated/α-hetero) is 1. The van der Waals surface area contributed by atoms with Crippen LogP contribution in [0.3, 0.4) is 0 Å². The van der Waals surface area contributed by atoms with E-state index in [-0.39, 0.29) is 35.8 Å². The van der Waals surface area contributed by atoms with Gasteiger partial charge in [0.1, 0.15) is 22.7 Å². The van der Waals surface area contributed by atoms with Crippen molar-refractivity contribution in [3.8, 4) is 22.8 Å². The summed E-state index contributed by atoms with van der Waals surface area (Å²) in [6.07, 6.45) is 3.30. The number of imidazole rings is 1. The number of pyridine rings is 1. The number of aromatic nitrogens is 2. The summed E-state index contributed by atoms with van der Waals surface area (Å²) >= 11 is 0. The lowest BCUT2D eigenvalue weighted by atomic mass is 10.0. The van der Waals surface area contributed by atoms with E-state index in [9.17, 15) is 18.7 Å². The van der Waals surface area contributed by atoms with Crippen molar-refractivity contribution < 1.29 is 32.9 Å². The minimum absolute atomic E-state index is 0.0188. The number of benzene rings is 1. The summed E-state index contributed by atoms with van der Waals surface area (Å²) in [4.78, 5) is 18.8. The van der Waals surface area contributed by atoms with Crippen LogP contribution in [-0.4, -0.2) is 71.3 Å². The molecule has 8 nitrogen and oxygen atoms in total. The molecule has 0 amide bonds. The highest BCUT2D eigenvalue weighted by Crippen LogP contribution is 2.37. The minimum Gasteiger partial charge on any atom is -0.496 e. The predicted molar refractivity (Wildman–Crippen MR) is 121 cm³/mol. The van der Waals surface area contributed by atoms with Crippen molar-refractivity contribution in [2.24, 2.45) is 0 Å². The van der Waals surface area contributed by atoms with Crippen molar-refractivity contribution >= 4 is 11.4 Å². The molecule has 0 bridgehead atoms. The summed E-state index contributed by atoms with van der Waals surface area (Å²) in [7, 11) is 1.37. The van der Waals surface area contributed by atoms with Gasteiger partial charge in [-0.25, -0.2) is 4.98 Å². The molecule has 1 fully saturated rings. The van der Waals surface area contributed by atoms with E-state index in [1.807, 2.05) is 22.7 Å². The van der Waals surface area contributed by atoms with E-state index in [0.717, 1.165) is 12.1 Å². The molecule has 2 atom stereocenters. The van der Waals surface area contributed by atoms with Gasteiger partial charge < -0.3 is 19.3 Å². The number of hydrogen-bond donors (Lipinski definition) is 1. The molecule has 3 heterocycles. The molecule has 3 aromatic rings. The van der Waals surface area contributed by atoms with Crippen LogP contribution in [0.1, 0.15) is 35.8 Å². The van der Waals surface area contributed by atoms with E-state index in [1.165, 1.54) is 20.1 Å². The smallest absolute Gasteiger partial charge is 0.387 e. The molecule has 10 heteroatoms. The number of morpholine rings is 1. The molecule has 0 aliphatic carbocycles. The van der Waals surface area contributed by atoms with Crippen LogP contribution in [0.25, 0.3) is 16.9 Å². The second-order valence-electron chi connectivity index (χ2n) is 8.16. The highest BCUT2D eigenvalue weighted by Gasteiger charge is 2.25. The monoisotopic (exact) mass is 475 g/mol. The third-order valence-corrected chi connectivity index (χ3v) is 6.09. The highest BCUT2D eigenvalue weighted by atomic mass is 19.3. The number of fused-ring (bicyclic) bond motifs is 1. The van der Waals surface area contributed by atoms with Gasteiger partial charge in [0, 0.05) is 30.9 Å². The number of hydrogen-bond acceptors (Lipinski definition) is 7. The number of ketones is 1. The maximum Gasteiger partial charge on any atom is 0.387 e. The maximum absolute atomic E-state index is 13.0. The fraction of sp³-hybridized carbons (Fsp3) is 0.417. The number of rotatable bonds is 8. The van der Waals surface area contributed by atoms with Gasteiger partial charge in [0.2, 0.25) is 0 Å². The molecule has 182 valence electrons. The minimum atomic E-state index is -3.09. The number of alkyl halides is 2. The first-order chi connectivity index (χ1) is 16.3. The van der Waals surface area contributed by atoms with Crippen LogP contribution in [0.15, 0.2) is 36.7 Å². The Hall–Kier alpha value is -3.08. The van der Waals surface area contributed by atoms with Crippen LogP contribution >= 0.6 is 0 Å². The molecular weight excluding hydrogens is 448 g/mol. The molecule has 1 aromatic carbocycles. The van der Waals surface area contributed by atoms with Crippen molar-refractivity contribution in [3.63, 3.8) is 0 Å². The second kappa shape index (κ2) is 10.0. The first kappa shape index (κ1) is 24.1. The maximum atomic E-state index is 13.0. The Bertz CT molecular complexity index is 1180. The lowest BCUT2D eigenvalue weighted by molar-refractivity contribution is -0.0633. The molecule has 0 spiro atoms. The summed E-state index contributed by atoms with van der Waals surface area (Å²) in [5, 5.41) is 9.42. The fourth-order valence-corrected chi connectivity index (χ4v) is 4.32. The fourth-order valence-electron chi connectivity index (χ4n) is 4.32. The van der Waals surface area contributed by atoms with Gasteiger partial charge in [-0.05, 0) is 43.7 Å². The molecule has 1 unspecified atom stereocenters. The van der Waals surface area contributed by atoms with E-state index in [1.54, 1.807) is 12.3 Å². The van der Waals surface area contributed by atoms with Crippen molar-refractivity contribution in [2.75, 3.05) is 33.4 Å². The van der Waals surface area contributed by atoms with E-state index in [0.29, 0.717) is 30.1 Å². The summed E-state index contributed by atoms with van der Waals surface area (Å²) in [5.74, 6) is -0.545. The summed E-state index contributed by atoms with van der Waals surface area (Å²) in [6, 6.07) is 7.04. The van der Waals surface area contributed by atoms with Gasteiger partial charge in [0.05, 0.1) is 38.3 Å². The Balaban J connectivity index is 1.70. The topological polar surface area (TPSA) is 85.5 Å². The molecule has 1 saturated heterocycles. The normalized spacial score (nSPS) is 17.8. The average molecular weight is 475 g/mol. The quantitative estimate of drug-likeness (QED) is 0.499. The largest absolute Gasteiger partial charge is 0.496 e. The molecular formula is C24H27F2N3O5. The Kier molecular flexibility index (Phi) is 7.11. The van der Waals surface area contributed by atoms with Crippen LogP contribution in [0, 0.1) is 0 Å². The number of aliphatic hydroxyl groups is 1. The molecule has 2 aromatic heterocycles. The molecule has 1 aliphatic rings. The van der Waals surface area contributed by atoms with Crippen LogP contribution in [-0.2, 0) is 4.74 Å². The number of carbonyl (C=O) groups is 1. The Morgan fingerprint density at radius 1 is 1.32 bits per heavy atom. The first-order valence-electron chi connectivity index (χ1n) is 10.9. The number of halogens is 2. The third kappa shape index (κ3) is 4.75. The van der Waals surface area contributed by atoms with Crippen molar-refractivity contribution in [2.45, 2.75) is 32.6 Å².